The van der Waals surface area contributed by atoms with Gasteiger partial charge in [0.25, 0.3) is 0 Å². The van der Waals surface area contributed by atoms with E-state index < -0.39 is 0 Å². The van der Waals surface area contributed by atoms with Crippen molar-refractivity contribution in [1.82, 2.24) is 24.8 Å². The van der Waals surface area contributed by atoms with Crippen LogP contribution in [0.15, 0.2) is 4.47 Å². The van der Waals surface area contributed by atoms with Gasteiger partial charge in [0.05, 0.1) is 32.5 Å². The molecule has 0 saturated carbocycles. The van der Waals surface area contributed by atoms with Gasteiger partial charge in [-0.1, -0.05) is 17.8 Å². The highest BCUT2D eigenvalue weighted by molar-refractivity contribution is 9.10. The standard InChI is InChI=1S/C13H21BrN6S/c1-4-6-9-13(21-19-17-9)10(16-15)7-11-12(14)8(3)18-20(11)5-2/h10,16H,4-7,15H2,1-3H3. The summed E-state index contributed by atoms with van der Waals surface area (Å²) in [6, 6.07) is 0.00394. The van der Waals surface area contributed by atoms with E-state index in [0.717, 1.165) is 52.2 Å². The number of rotatable bonds is 7. The van der Waals surface area contributed by atoms with Gasteiger partial charge >= 0.3 is 0 Å². The number of aromatic nitrogens is 4. The first-order valence-corrected chi connectivity index (χ1v) is 8.67. The third-order valence-electron chi connectivity index (χ3n) is 3.44. The summed E-state index contributed by atoms with van der Waals surface area (Å²) in [5, 5.41) is 8.75. The first-order chi connectivity index (χ1) is 10.1. The molecule has 0 aliphatic carbocycles. The molecule has 21 heavy (non-hydrogen) atoms. The molecule has 1 atom stereocenters. The van der Waals surface area contributed by atoms with Crippen LogP contribution in [-0.4, -0.2) is 19.4 Å². The lowest BCUT2D eigenvalue weighted by molar-refractivity contribution is 0.518. The zero-order valence-corrected chi connectivity index (χ0v) is 15.0. The Morgan fingerprint density at radius 1 is 1.43 bits per heavy atom. The zero-order valence-electron chi connectivity index (χ0n) is 12.6. The number of nitrogens with zero attached hydrogens (tertiary/aromatic N) is 4. The summed E-state index contributed by atoms with van der Waals surface area (Å²) in [4.78, 5) is 1.12. The monoisotopic (exact) mass is 372 g/mol. The summed E-state index contributed by atoms with van der Waals surface area (Å²) < 4.78 is 7.15. The van der Waals surface area contributed by atoms with Gasteiger partial charge in [0.2, 0.25) is 0 Å². The van der Waals surface area contributed by atoms with Gasteiger partial charge in [0.15, 0.2) is 0 Å². The first kappa shape index (κ1) is 16.5. The normalized spacial score (nSPS) is 12.8. The lowest BCUT2D eigenvalue weighted by Crippen LogP contribution is -2.30. The maximum atomic E-state index is 5.78. The number of aryl methyl sites for hydroxylation is 3. The van der Waals surface area contributed by atoms with Crippen LogP contribution in [0, 0.1) is 6.92 Å². The minimum absolute atomic E-state index is 0.00394. The van der Waals surface area contributed by atoms with Crippen molar-refractivity contribution >= 4 is 27.5 Å². The van der Waals surface area contributed by atoms with Crippen molar-refractivity contribution in [3.63, 3.8) is 0 Å². The summed E-state index contributed by atoms with van der Waals surface area (Å²) in [7, 11) is 0. The number of hydrogen-bond acceptors (Lipinski definition) is 6. The second-order valence-corrected chi connectivity index (χ2v) is 6.50. The fourth-order valence-electron chi connectivity index (χ4n) is 2.38. The molecule has 2 rings (SSSR count). The topological polar surface area (TPSA) is 81.7 Å². The van der Waals surface area contributed by atoms with Crippen LogP contribution in [0.1, 0.15) is 48.3 Å². The van der Waals surface area contributed by atoms with E-state index in [1.165, 1.54) is 11.5 Å². The second kappa shape index (κ2) is 7.44. The third kappa shape index (κ3) is 3.50. The van der Waals surface area contributed by atoms with E-state index in [-0.39, 0.29) is 6.04 Å². The van der Waals surface area contributed by atoms with Gasteiger partial charge in [0.1, 0.15) is 0 Å². The lowest BCUT2D eigenvalue weighted by Gasteiger charge is -2.16. The predicted octanol–water partition coefficient (Wildman–Crippen LogP) is 2.53. The average molecular weight is 373 g/mol. The van der Waals surface area contributed by atoms with Crippen LogP contribution in [0.2, 0.25) is 0 Å². The number of nitrogens with one attached hydrogen (secondary N) is 1. The Labute approximate surface area is 137 Å². The molecule has 2 heterocycles. The Bertz CT molecular complexity index is 593. The Morgan fingerprint density at radius 2 is 2.19 bits per heavy atom. The van der Waals surface area contributed by atoms with Gasteiger partial charge in [-0.05, 0) is 47.7 Å². The SMILES string of the molecule is CCCc1nnsc1C(Cc1c(Br)c(C)nn1CC)NN. The van der Waals surface area contributed by atoms with Gasteiger partial charge in [0, 0.05) is 13.0 Å². The van der Waals surface area contributed by atoms with E-state index in [9.17, 15) is 0 Å². The highest BCUT2D eigenvalue weighted by atomic mass is 79.9. The van der Waals surface area contributed by atoms with Gasteiger partial charge in [-0.15, -0.1) is 5.10 Å². The van der Waals surface area contributed by atoms with Crippen molar-refractivity contribution in [2.24, 2.45) is 5.84 Å². The zero-order chi connectivity index (χ0) is 15.4. The molecule has 0 aliphatic heterocycles. The van der Waals surface area contributed by atoms with E-state index in [0.29, 0.717) is 0 Å². The molecule has 0 fully saturated rings. The quantitative estimate of drug-likeness (QED) is 0.576. The molecule has 0 radical (unpaired) electrons. The van der Waals surface area contributed by atoms with E-state index in [1.807, 2.05) is 11.6 Å². The summed E-state index contributed by atoms with van der Waals surface area (Å²) >= 11 is 5.05. The highest BCUT2D eigenvalue weighted by Gasteiger charge is 2.22. The molecule has 0 spiro atoms. The van der Waals surface area contributed by atoms with Gasteiger partial charge < -0.3 is 0 Å². The number of hydrogen-bond donors (Lipinski definition) is 2. The molecular formula is C13H21BrN6S. The molecule has 0 amide bonds. The van der Waals surface area contributed by atoms with E-state index in [4.69, 9.17) is 5.84 Å². The minimum Gasteiger partial charge on any atom is -0.271 e. The number of hydrazine groups is 1. The summed E-state index contributed by atoms with van der Waals surface area (Å²) in [6.45, 7) is 7.06. The van der Waals surface area contributed by atoms with Crippen molar-refractivity contribution in [3.8, 4) is 0 Å². The maximum absolute atomic E-state index is 5.78. The van der Waals surface area contributed by atoms with Crippen LogP contribution < -0.4 is 11.3 Å². The largest absolute Gasteiger partial charge is 0.271 e. The average Bonchev–Trinajstić information content (AvgIpc) is 3.04. The van der Waals surface area contributed by atoms with E-state index in [1.54, 1.807) is 0 Å². The Kier molecular flexibility index (Phi) is 5.86. The molecule has 2 aromatic rings. The van der Waals surface area contributed by atoms with Crippen LogP contribution in [0.3, 0.4) is 0 Å². The fraction of sp³-hybridized carbons (Fsp3) is 0.615. The summed E-state index contributed by atoms with van der Waals surface area (Å²) in [6.07, 6.45) is 2.73. The van der Waals surface area contributed by atoms with Gasteiger partial charge in [-0.25, -0.2) is 0 Å². The molecule has 0 aromatic carbocycles. The first-order valence-electron chi connectivity index (χ1n) is 7.11. The third-order valence-corrected chi connectivity index (χ3v) is 5.35. The van der Waals surface area contributed by atoms with Crippen molar-refractivity contribution < 1.29 is 0 Å². The maximum Gasteiger partial charge on any atom is 0.0804 e. The Morgan fingerprint density at radius 3 is 2.81 bits per heavy atom. The molecule has 0 bridgehead atoms. The van der Waals surface area contributed by atoms with E-state index >= 15 is 0 Å². The second-order valence-electron chi connectivity index (χ2n) is 4.92. The molecular weight excluding hydrogens is 352 g/mol. The van der Waals surface area contributed by atoms with Gasteiger partial charge in [-0.3, -0.25) is 16.0 Å². The van der Waals surface area contributed by atoms with Gasteiger partial charge in [-0.2, -0.15) is 5.10 Å². The smallest absolute Gasteiger partial charge is 0.0804 e. The lowest BCUT2D eigenvalue weighted by atomic mass is 10.1. The van der Waals surface area contributed by atoms with Crippen molar-refractivity contribution in [2.45, 2.75) is 52.6 Å². The number of nitrogens with two attached hydrogens (primary N) is 1. The number of halogens is 1. The van der Waals surface area contributed by atoms with Crippen LogP contribution in [0.5, 0.6) is 0 Å². The van der Waals surface area contributed by atoms with Crippen LogP contribution in [-0.2, 0) is 19.4 Å². The molecule has 3 N–H and O–H groups in total. The van der Waals surface area contributed by atoms with E-state index in [2.05, 4.69) is 49.9 Å². The molecule has 8 heteroatoms. The highest BCUT2D eigenvalue weighted by Crippen LogP contribution is 2.29. The summed E-state index contributed by atoms with van der Waals surface area (Å²) in [5.74, 6) is 5.78. The molecule has 6 nitrogen and oxygen atoms in total. The van der Waals surface area contributed by atoms with Crippen molar-refractivity contribution in [1.29, 1.82) is 0 Å². The Balaban J connectivity index is 2.29. The molecule has 116 valence electrons. The van der Waals surface area contributed by atoms with Crippen LogP contribution in [0.4, 0.5) is 0 Å². The fourth-order valence-corrected chi connectivity index (χ4v) is 3.58. The molecule has 1 unspecified atom stereocenters. The predicted molar refractivity (Wildman–Crippen MR) is 88.0 cm³/mol. The molecule has 2 aromatic heterocycles. The minimum atomic E-state index is 0.00394. The van der Waals surface area contributed by atoms with Crippen molar-refractivity contribution in [2.75, 3.05) is 0 Å². The Hall–Kier alpha value is -0.830. The van der Waals surface area contributed by atoms with Crippen molar-refractivity contribution in [3.05, 3.63) is 26.4 Å². The summed E-state index contributed by atoms with van der Waals surface area (Å²) in [5.41, 5.74) is 6.10. The molecule has 0 saturated heterocycles. The van der Waals surface area contributed by atoms with Crippen LogP contribution in [0.25, 0.3) is 0 Å². The van der Waals surface area contributed by atoms with Crippen LogP contribution >= 0.6 is 27.5 Å². The molecule has 0 aliphatic rings.